The summed E-state index contributed by atoms with van der Waals surface area (Å²) in [5, 5.41) is 23.2. The highest BCUT2D eigenvalue weighted by atomic mass is 16.6. The van der Waals surface area contributed by atoms with E-state index in [9.17, 15) is 15.0 Å². The minimum Gasteiger partial charge on any atom is -0.443 e. The summed E-state index contributed by atoms with van der Waals surface area (Å²) in [6.45, 7) is 15.9. The van der Waals surface area contributed by atoms with Crippen LogP contribution in [0.3, 0.4) is 0 Å². The van der Waals surface area contributed by atoms with Gasteiger partial charge in [0.25, 0.3) is 0 Å². The summed E-state index contributed by atoms with van der Waals surface area (Å²) in [5.41, 5.74) is 5.84. The minimum atomic E-state index is -0.755. The van der Waals surface area contributed by atoms with Crippen molar-refractivity contribution in [1.29, 1.82) is 0 Å². The summed E-state index contributed by atoms with van der Waals surface area (Å²) in [5.74, 6) is 1.80. The maximum absolute atomic E-state index is 12.3. The van der Waals surface area contributed by atoms with Gasteiger partial charge in [0.05, 0.1) is 24.4 Å². The van der Waals surface area contributed by atoms with Gasteiger partial charge >= 0.3 is 6.09 Å². The van der Waals surface area contributed by atoms with E-state index in [-0.39, 0.29) is 40.5 Å². The van der Waals surface area contributed by atoms with Crippen molar-refractivity contribution < 1.29 is 24.5 Å². The zero-order valence-corrected chi connectivity index (χ0v) is 24.1. The first-order valence-corrected chi connectivity index (χ1v) is 15.1. The number of nitrogens with two attached hydrogens (primary N) is 1. The van der Waals surface area contributed by atoms with E-state index in [4.69, 9.17) is 15.2 Å². The molecule has 210 valence electrons. The van der Waals surface area contributed by atoms with E-state index in [1.165, 1.54) is 12.8 Å². The van der Waals surface area contributed by atoms with Gasteiger partial charge in [-0.3, -0.25) is 0 Å². The molecule has 2 spiro atoms. The van der Waals surface area contributed by atoms with Crippen molar-refractivity contribution in [1.82, 2.24) is 0 Å². The predicted octanol–water partition coefficient (Wildman–Crippen LogP) is 5.28. The Morgan fingerprint density at radius 1 is 1.00 bits per heavy atom. The molecule has 6 fully saturated rings. The number of carbonyl (C=O) groups is 1. The smallest absolute Gasteiger partial charge is 0.404 e. The summed E-state index contributed by atoms with van der Waals surface area (Å²) >= 11 is 0. The number of aliphatic hydroxyl groups is 2. The average molecular weight is 518 g/mol. The summed E-state index contributed by atoms with van der Waals surface area (Å²) < 4.78 is 12.4. The fourth-order valence-corrected chi connectivity index (χ4v) is 12.3. The number of rotatable bonds is 3. The Morgan fingerprint density at radius 2 is 1.65 bits per heavy atom. The molecule has 13 atom stereocenters. The van der Waals surface area contributed by atoms with Crippen LogP contribution in [0.15, 0.2) is 0 Å². The first kappa shape index (κ1) is 26.4. The molecule has 6 heteroatoms. The molecule has 6 nitrogen and oxygen atoms in total. The van der Waals surface area contributed by atoms with Gasteiger partial charge in [0.1, 0.15) is 6.10 Å². The second-order valence-corrected chi connectivity index (χ2v) is 15.7. The number of ether oxygens (including phenoxy) is 2. The summed E-state index contributed by atoms with van der Waals surface area (Å²) in [7, 11) is 0. The van der Waals surface area contributed by atoms with Gasteiger partial charge in [-0.1, -0.05) is 48.5 Å². The minimum absolute atomic E-state index is 0.00950. The third-order valence-corrected chi connectivity index (χ3v) is 14.1. The zero-order chi connectivity index (χ0) is 26.9. The molecular formula is C31H51NO5. The van der Waals surface area contributed by atoms with Gasteiger partial charge in [0.2, 0.25) is 0 Å². The molecule has 6 aliphatic rings. The van der Waals surface area contributed by atoms with Gasteiger partial charge in [0, 0.05) is 5.41 Å². The molecular weight excluding hydrogens is 466 g/mol. The number of primary amides is 1. The predicted molar refractivity (Wildman–Crippen MR) is 141 cm³/mol. The second kappa shape index (κ2) is 7.87. The highest BCUT2D eigenvalue weighted by Crippen LogP contribution is 2.89. The first-order chi connectivity index (χ1) is 17.2. The second-order valence-electron chi connectivity index (χ2n) is 15.7. The molecule has 1 aliphatic heterocycles. The monoisotopic (exact) mass is 517 g/mol. The molecule has 5 saturated carbocycles. The van der Waals surface area contributed by atoms with Crippen molar-refractivity contribution in [2.45, 2.75) is 130 Å². The molecule has 0 bridgehead atoms. The molecule has 0 aromatic rings. The Bertz CT molecular complexity index is 967. The zero-order valence-electron chi connectivity index (χ0n) is 24.1. The molecule has 37 heavy (non-hydrogen) atoms. The largest absolute Gasteiger partial charge is 0.443 e. The quantitative estimate of drug-likeness (QED) is 0.473. The Labute approximate surface area is 223 Å². The highest BCUT2D eigenvalue weighted by molar-refractivity contribution is 5.64. The third-order valence-electron chi connectivity index (χ3n) is 14.1. The van der Waals surface area contributed by atoms with Crippen LogP contribution in [-0.4, -0.2) is 46.8 Å². The summed E-state index contributed by atoms with van der Waals surface area (Å²) in [6, 6.07) is 0. The molecule has 6 rings (SSSR count). The van der Waals surface area contributed by atoms with Gasteiger partial charge in [-0.05, 0) is 103 Å². The maximum Gasteiger partial charge on any atom is 0.404 e. The van der Waals surface area contributed by atoms with E-state index >= 15 is 0 Å². The molecule has 0 unspecified atom stereocenters. The van der Waals surface area contributed by atoms with E-state index in [1.807, 2.05) is 13.8 Å². The van der Waals surface area contributed by atoms with Crippen LogP contribution in [0.2, 0.25) is 0 Å². The van der Waals surface area contributed by atoms with Gasteiger partial charge < -0.3 is 25.4 Å². The van der Waals surface area contributed by atoms with Gasteiger partial charge in [-0.25, -0.2) is 4.79 Å². The number of hydrogen-bond donors (Lipinski definition) is 3. The van der Waals surface area contributed by atoms with Crippen LogP contribution < -0.4 is 5.73 Å². The van der Waals surface area contributed by atoms with Gasteiger partial charge in [-0.15, -0.1) is 0 Å². The van der Waals surface area contributed by atoms with Gasteiger partial charge in [0.15, 0.2) is 0 Å². The van der Waals surface area contributed by atoms with Crippen molar-refractivity contribution in [3.05, 3.63) is 0 Å². The van der Waals surface area contributed by atoms with Gasteiger partial charge in [-0.2, -0.15) is 0 Å². The van der Waals surface area contributed by atoms with Crippen molar-refractivity contribution in [2.75, 3.05) is 0 Å². The van der Waals surface area contributed by atoms with E-state index in [0.717, 1.165) is 38.5 Å². The molecule has 4 N–H and O–H groups in total. The number of amides is 1. The van der Waals surface area contributed by atoms with E-state index in [2.05, 4.69) is 34.6 Å². The van der Waals surface area contributed by atoms with Crippen molar-refractivity contribution in [3.8, 4) is 0 Å². The fourth-order valence-electron chi connectivity index (χ4n) is 12.3. The van der Waals surface area contributed by atoms with Crippen LogP contribution in [0.1, 0.15) is 99.8 Å². The highest BCUT2D eigenvalue weighted by Gasteiger charge is 2.84. The van der Waals surface area contributed by atoms with Crippen LogP contribution in [0.5, 0.6) is 0 Å². The average Bonchev–Trinajstić information content (AvgIpc) is 3.45. The Kier molecular flexibility index (Phi) is 5.61. The molecule has 1 amide bonds. The topological polar surface area (TPSA) is 102 Å². The van der Waals surface area contributed by atoms with Crippen LogP contribution in [0.25, 0.3) is 0 Å². The number of carbonyl (C=O) groups excluding carboxylic acids is 1. The molecule has 0 aromatic heterocycles. The lowest BCUT2D eigenvalue weighted by Gasteiger charge is -2.63. The van der Waals surface area contributed by atoms with Crippen LogP contribution in [0, 0.1) is 56.7 Å². The number of fused-ring (bicyclic) bond motifs is 4. The van der Waals surface area contributed by atoms with E-state index in [1.54, 1.807) is 0 Å². The lowest BCUT2D eigenvalue weighted by atomic mass is 9.41. The van der Waals surface area contributed by atoms with Crippen LogP contribution in [0.4, 0.5) is 4.79 Å². The molecule has 1 saturated heterocycles. The van der Waals surface area contributed by atoms with E-state index in [0.29, 0.717) is 34.5 Å². The maximum atomic E-state index is 12.3. The van der Waals surface area contributed by atoms with Crippen LogP contribution >= 0.6 is 0 Å². The summed E-state index contributed by atoms with van der Waals surface area (Å²) in [6.07, 6.45) is 6.46. The first-order valence-electron chi connectivity index (χ1n) is 15.1. The summed E-state index contributed by atoms with van der Waals surface area (Å²) in [4.78, 5) is 11.7. The van der Waals surface area contributed by atoms with Crippen molar-refractivity contribution in [2.24, 2.45) is 62.4 Å². The van der Waals surface area contributed by atoms with E-state index < -0.39 is 18.3 Å². The van der Waals surface area contributed by atoms with Crippen LogP contribution in [-0.2, 0) is 9.47 Å². The van der Waals surface area contributed by atoms with Crippen molar-refractivity contribution in [3.63, 3.8) is 0 Å². The number of aliphatic hydroxyl groups excluding tert-OH is 2. The Morgan fingerprint density at radius 3 is 2.30 bits per heavy atom. The normalized spacial score (nSPS) is 56.3. The fraction of sp³-hybridized carbons (Fsp3) is 0.968. The lowest BCUT2D eigenvalue weighted by molar-refractivity contribution is -0.184. The SMILES string of the molecule is CC(C)[C@@H](OC(N)=O)[C@H]1C[C@@H](C)[C@H]2[C@H](O1)[C@H](O)[C@@]1(C)[C@@H]3CC[C@H]4C(C)(C)[C@@H](O)CC[C@@]45C[C@@]35CC[C@]21C. The molecule has 0 aromatic carbocycles. The molecule has 1 heterocycles. The molecule has 0 radical (unpaired) electrons. The third kappa shape index (κ3) is 3.02. The Balaban J connectivity index is 1.34. The lowest BCUT2D eigenvalue weighted by Crippen LogP contribution is -2.59. The Hall–Kier alpha value is -0.850. The number of hydrogen-bond acceptors (Lipinski definition) is 5. The van der Waals surface area contributed by atoms with Crippen molar-refractivity contribution >= 4 is 6.09 Å². The molecule has 5 aliphatic carbocycles. The standard InChI is InChI=1S/C31H51NO5/c1-16(2)23(37-26(32)35)18-14-17(3)22-24(36-18)25(34)29(7)20-9-8-19-27(4,5)21(33)10-11-30(19)15-31(20,30)13-12-28(22,29)6/h16-25,33-34H,8-15H2,1-7H3,(H2,32,35)/t17-,18-,19+,20+,21+,22+,23-,24+,25+,28-,29-,30-,31+/m1/s1.